The van der Waals surface area contributed by atoms with Crippen LogP contribution < -0.4 is 5.32 Å². The van der Waals surface area contributed by atoms with Gasteiger partial charge in [0, 0.05) is 16.4 Å². The van der Waals surface area contributed by atoms with E-state index in [1.54, 1.807) is 6.20 Å². The molecule has 0 saturated heterocycles. The highest BCUT2D eigenvalue weighted by Gasteiger charge is 2.12. The molecule has 2 rings (SSSR count). The Labute approximate surface area is 121 Å². The van der Waals surface area contributed by atoms with Gasteiger partial charge in [0.2, 0.25) is 0 Å². The Kier molecular flexibility index (Phi) is 4.32. The smallest absolute Gasteiger partial charge is 0.274 e. The fourth-order valence-corrected chi connectivity index (χ4v) is 2.29. The van der Waals surface area contributed by atoms with Crippen LogP contribution in [0.15, 0.2) is 41.0 Å². The minimum Gasteiger partial charge on any atom is -0.320 e. The lowest BCUT2D eigenvalue weighted by Gasteiger charge is -2.11. The summed E-state index contributed by atoms with van der Waals surface area (Å²) in [6.07, 6.45) is 2.49. The molecule has 0 atom stereocenters. The van der Waals surface area contributed by atoms with Crippen molar-refractivity contribution in [2.24, 2.45) is 0 Å². The summed E-state index contributed by atoms with van der Waals surface area (Å²) in [5, 5.41) is 2.92. The highest BCUT2D eigenvalue weighted by molar-refractivity contribution is 9.10. The lowest BCUT2D eigenvalue weighted by atomic mass is 10.1. The summed E-state index contributed by atoms with van der Waals surface area (Å²) >= 11 is 3.43. The topological polar surface area (TPSA) is 42.0 Å². The molecule has 2 aromatic rings. The standard InChI is InChI=1S/C15H15BrN2O/c1-3-11-9-12(16)6-7-13(11)18-15(19)14-10(2)5-4-8-17-14/h4-9H,3H2,1-2H3,(H,18,19). The van der Waals surface area contributed by atoms with Crippen molar-refractivity contribution in [3.05, 3.63) is 57.8 Å². The molecular weight excluding hydrogens is 304 g/mol. The average molecular weight is 319 g/mol. The minimum absolute atomic E-state index is 0.171. The lowest BCUT2D eigenvalue weighted by molar-refractivity contribution is 0.102. The third kappa shape index (κ3) is 3.20. The number of pyridine rings is 1. The molecule has 98 valence electrons. The number of carbonyl (C=O) groups is 1. The van der Waals surface area contributed by atoms with E-state index in [-0.39, 0.29) is 5.91 Å². The predicted molar refractivity (Wildman–Crippen MR) is 80.4 cm³/mol. The van der Waals surface area contributed by atoms with E-state index in [2.05, 4.69) is 33.2 Å². The van der Waals surface area contributed by atoms with Gasteiger partial charge in [-0.25, -0.2) is 0 Å². The molecule has 0 aliphatic carbocycles. The molecule has 0 fully saturated rings. The predicted octanol–water partition coefficient (Wildman–Crippen LogP) is 3.97. The van der Waals surface area contributed by atoms with Gasteiger partial charge in [-0.05, 0) is 48.7 Å². The summed E-state index contributed by atoms with van der Waals surface area (Å²) in [5.41, 5.74) is 3.26. The van der Waals surface area contributed by atoms with Crippen molar-refractivity contribution in [3.63, 3.8) is 0 Å². The Morgan fingerprint density at radius 2 is 2.16 bits per heavy atom. The zero-order chi connectivity index (χ0) is 13.8. The van der Waals surface area contributed by atoms with Crippen molar-refractivity contribution in [2.75, 3.05) is 5.32 Å². The Morgan fingerprint density at radius 3 is 2.84 bits per heavy atom. The van der Waals surface area contributed by atoms with Crippen LogP contribution in [-0.4, -0.2) is 10.9 Å². The number of halogens is 1. The van der Waals surface area contributed by atoms with Gasteiger partial charge in [0.1, 0.15) is 5.69 Å². The molecular formula is C15H15BrN2O. The number of hydrogen-bond donors (Lipinski definition) is 1. The van der Waals surface area contributed by atoms with Crippen molar-refractivity contribution < 1.29 is 4.79 Å². The maximum absolute atomic E-state index is 12.2. The molecule has 4 heteroatoms. The normalized spacial score (nSPS) is 10.3. The van der Waals surface area contributed by atoms with Crippen LogP contribution in [0.25, 0.3) is 0 Å². The molecule has 3 nitrogen and oxygen atoms in total. The van der Waals surface area contributed by atoms with Crippen LogP contribution in [-0.2, 0) is 6.42 Å². The third-order valence-electron chi connectivity index (χ3n) is 2.92. The third-order valence-corrected chi connectivity index (χ3v) is 3.41. The van der Waals surface area contributed by atoms with E-state index in [9.17, 15) is 4.79 Å². The molecule has 0 aliphatic rings. The van der Waals surface area contributed by atoms with Crippen LogP contribution in [0, 0.1) is 6.92 Å². The molecule has 19 heavy (non-hydrogen) atoms. The Balaban J connectivity index is 2.27. The second-order valence-corrected chi connectivity index (χ2v) is 5.19. The van der Waals surface area contributed by atoms with E-state index in [0.29, 0.717) is 5.69 Å². The summed E-state index contributed by atoms with van der Waals surface area (Å²) in [6, 6.07) is 9.54. The minimum atomic E-state index is -0.171. The monoisotopic (exact) mass is 318 g/mol. The van der Waals surface area contributed by atoms with Gasteiger partial charge in [-0.1, -0.05) is 28.9 Å². The lowest BCUT2D eigenvalue weighted by Crippen LogP contribution is -2.16. The Hall–Kier alpha value is -1.68. The summed E-state index contributed by atoms with van der Waals surface area (Å²) in [4.78, 5) is 16.3. The molecule has 1 amide bonds. The second kappa shape index (κ2) is 5.97. The first-order chi connectivity index (χ1) is 9.11. The maximum Gasteiger partial charge on any atom is 0.274 e. The molecule has 1 N–H and O–H groups in total. The number of nitrogens with zero attached hydrogens (tertiary/aromatic N) is 1. The summed E-state index contributed by atoms with van der Waals surface area (Å²) in [7, 11) is 0. The van der Waals surface area contributed by atoms with E-state index >= 15 is 0 Å². The Morgan fingerprint density at radius 1 is 1.37 bits per heavy atom. The van der Waals surface area contributed by atoms with Gasteiger partial charge in [-0.3, -0.25) is 9.78 Å². The molecule has 1 aromatic carbocycles. The molecule has 0 aliphatic heterocycles. The zero-order valence-corrected chi connectivity index (χ0v) is 12.5. The molecule has 1 aromatic heterocycles. The SMILES string of the molecule is CCc1cc(Br)ccc1NC(=O)c1ncccc1C. The molecule has 1 heterocycles. The van der Waals surface area contributed by atoms with Crippen LogP contribution >= 0.6 is 15.9 Å². The van der Waals surface area contributed by atoms with Gasteiger partial charge in [-0.15, -0.1) is 0 Å². The number of anilines is 1. The fraction of sp³-hybridized carbons (Fsp3) is 0.200. The molecule has 0 unspecified atom stereocenters. The molecule has 0 radical (unpaired) electrons. The number of aromatic nitrogens is 1. The first-order valence-corrected chi connectivity index (χ1v) is 6.92. The number of benzene rings is 1. The van der Waals surface area contributed by atoms with Gasteiger partial charge in [0.25, 0.3) is 5.91 Å². The largest absolute Gasteiger partial charge is 0.320 e. The first-order valence-electron chi connectivity index (χ1n) is 6.13. The van der Waals surface area contributed by atoms with E-state index in [1.165, 1.54) is 0 Å². The number of carbonyl (C=O) groups excluding carboxylic acids is 1. The number of nitrogens with one attached hydrogen (secondary N) is 1. The van der Waals surface area contributed by atoms with E-state index in [0.717, 1.165) is 27.7 Å². The highest BCUT2D eigenvalue weighted by Crippen LogP contribution is 2.22. The van der Waals surface area contributed by atoms with Crippen molar-refractivity contribution in [1.82, 2.24) is 4.98 Å². The maximum atomic E-state index is 12.2. The van der Waals surface area contributed by atoms with Crippen molar-refractivity contribution in [3.8, 4) is 0 Å². The van der Waals surface area contributed by atoms with Gasteiger partial charge in [0.15, 0.2) is 0 Å². The number of hydrogen-bond acceptors (Lipinski definition) is 2. The van der Waals surface area contributed by atoms with Gasteiger partial charge in [0.05, 0.1) is 0 Å². The van der Waals surface area contributed by atoms with E-state index < -0.39 is 0 Å². The van der Waals surface area contributed by atoms with E-state index in [1.807, 2.05) is 37.3 Å². The molecule has 0 spiro atoms. The van der Waals surface area contributed by atoms with Gasteiger partial charge in [-0.2, -0.15) is 0 Å². The van der Waals surface area contributed by atoms with Crippen molar-refractivity contribution in [1.29, 1.82) is 0 Å². The fourth-order valence-electron chi connectivity index (χ4n) is 1.88. The summed E-state index contributed by atoms with van der Waals surface area (Å²) in [6.45, 7) is 3.94. The highest BCUT2D eigenvalue weighted by atomic mass is 79.9. The average Bonchev–Trinajstić information content (AvgIpc) is 2.41. The summed E-state index contributed by atoms with van der Waals surface area (Å²) < 4.78 is 1.01. The number of rotatable bonds is 3. The van der Waals surface area contributed by atoms with E-state index in [4.69, 9.17) is 0 Å². The number of amides is 1. The van der Waals surface area contributed by atoms with Crippen molar-refractivity contribution in [2.45, 2.75) is 20.3 Å². The quantitative estimate of drug-likeness (QED) is 0.930. The van der Waals surface area contributed by atoms with Crippen LogP contribution in [0.1, 0.15) is 28.5 Å². The van der Waals surface area contributed by atoms with Crippen LogP contribution in [0.2, 0.25) is 0 Å². The first kappa shape index (κ1) is 13.7. The molecule has 0 saturated carbocycles. The molecule has 0 bridgehead atoms. The van der Waals surface area contributed by atoms with Crippen LogP contribution in [0.5, 0.6) is 0 Å². The second-order valence-electron chi connectivity index (χ2n) is 4.28. The Bertz CT molecular complexity index is 611. The zero-order valence-electron chi connectivity index (χ0n) is 10.9. The number of aryl methyl sites for hydroxylation is 2. The summed E-state index contributed by atoms with van der Waals surface area (Å²) in [5.74, 6) is -0.171. The van der Waals surface area contributed by atoms with Crippen LogP contribution in [0.4, 0.5) is 5.69 Å². The van der Waals surface area contributed by atoms with Crippen molar-refractivity contribution >= 4 is 27.5 Å². The van der Waals surface area contributed by atoms with Crippen LogP contribution in [0.3, 0.4) is 0 Å². The van der Waals surface area contributed by atoms with Gasteiger partial charge < -0.3 is 5.32 Å². The van der Waals surface area contributed by atoms with Gasteiger partial charge >= 0.3 is 0 Å².